The van der Waals surface area contributed by atoms with Gasteiger partial charge < -0.3 is 26.0 Å². The van der Waals surface area contributed by atoms with Crippen LogP contribution in [0.25, 0.3) is 0 Å². The summed E-state index contributed by atoms with van der Waals surface area (Å²) in [5.74, 6) is 1.03. The number of amides is 3. The van der Waals surface area contributed by atoms with Crippen molar-refractivity contribution in [1.29, 1.82) is 0 Å². The largest absolute Gasteiger partial charge is 0.455 e. The first kappa shape index (κ1) is 23.1. The van der Waals surface area contributed by atoms with E-state index in [1.165, 1.54) is 0 Å². The molecule has 1 atom stereocenters. The van der Waals surface area contributed by atoms with Gasteiger partial charge >= 0.3 is 6.03 Å². The van der Waals surface area contributed by atoms with Gasteiger partial charge in [0.15, 0.2) is 0 Å². The molecule has 1 saturated heterocycles. The van der Waals surface area contributed by atoms with Crippen LogP contribution in [0.3, 0.4) is 0 Å². The Morgan fingerprint density at radius 1 is 1.18 bits per heavy atom. The molecule has 2 aromatic carbocycles. The summed E-state index contributed by atoms with van der Waals surface area (Å²) in [4.78, 5) is 30.1. The highest BCUT2D eigenvalue weighted by molar-refractivity contribution is 5.89. The zero-order chi connectivity index (χ0) is 23.9. The van der Waals surface area contributed by atoms with Gasteiger partial charge in [-0.1, -0.05) is 12.1 Å². The molecule has 1 aliphatic rings. The summed E-state index contributed by atoms with van der Waals surface area (Å²) in [5, 5.41) is 5.73. The number of nitrogens with two attached hydrogens (primary N) is 1. The lowest BCUT2D eigenvalue weighted by atomic mass is 9.97. The highest BCUT2D eigenvalue weighted by atomic mass is 16.5. The Kier molecular flexibility index (Phi) is 7.27. The van der Waals surface area contributed by atoms with Crippen LogP contribution in [-0.4, -0.2) is 30.0 Å². The number of nitrogens with one attached hydrogen (secondary N) is 2. The van der Waals surface area contributed by atoms with Crippen LogP contribution in [0.5, 0.6) is 11.5 Å². The Labute approximate surface area is 199 Å². The van der Waals surface area contributed by atoms with E-state index < -0.39 is 0 Å². The fraction of sp³-hybridized carbons (Fsp3) is 0.269. The number of nitrogens with zero attached hydrogens (tertiary/aromatic N) is 2. The average Bonchev–Trinajstić information content (AvgIpc) is 2.85. The number of ether oxygens (including phenoxy) is 1. The predicted molar refractivity (Wildman–Crippen MR) is 132 cm³/mol. The molecular weight excluding hydrogens is 430 g/mol. The van der Waals surface area contributed by atoms with E-state index in [1.807, 2.05) is 55.5 Å². The summed E-state index contributed by atoms with van der Waals surface area (Å²) >= 11 is 0. The van der Waals surface area contributed by atoms with E-state index in [-0.39, 0.29) is 17.9 Å². The standard InChI is InChI=1S/C26H29N5O3/c1-18-14-21(8-11-24(18)34-23-5-2-12-28-16-23)30-26(33)29-15-19-6-9-22(10-7-19)31-13-3-4-20(17-31)25(27)32/h2,5-12,14,16,20H,3-4,13,15,17H2,1H3,(H2,27,32)(H2,29,30,33). The molecule has 1 fully saturated rings. The molecule has 3 aromatic rings. The molecule has 0 radical (unpaired) electrons. The minimum absolute atomic E-state index is 0.0987. The van der Waals surface area contributed by atoms with Crippen molar-refractivity contribution in [2.75, 3.05) is 23.3 Å². The number of carbonyl (C=O) groups excluding carboxylic acids is 2. The molecule has 4 N–H and O–H groups in total. The van der Waals surface area contributed by atoms with Crippen LogP contribution >= 0.6 is 0 Å². The molecule has 0 saturated carbocycles. The Bertz CT molecular complexity index is 1130. The molecule has 8 nitrogen and oxygen atoms in total. The quantitative estimate of drug-likeness (QED) is 0.490. The van der Waals surface area contributed by atoms with Crippen molar-refractivity contribution in [2.24, 2.45) is 11.7 Å². The number of hydrogen-bond donors (Lipinski definition) is 3. The molecular formula is C26H29N5O3. The van der Waals surface area contributed by atoms with Crippen LogP contribution in [0, 0.1) is 12.8 Å². The van der Waals surface area contributed by atoms with Gasteiger partial charge in [-0.3, -0.25) is 9.78 Å². The van der Waals surface area contributed by atoms with E-state index in [1.54, 1.807) is 18.5 Å². The van der Waals surface area contributed by atoms with Crippen molar-refractivity contribution in [3.05, 3.63) is 78.1 Å². The van der Waals surface area contributed by atoms with Gasteiger partial charge in [0.25, 0.3) is 0 Å². The first-order valence-electron chi connectivity index (χ1n) is 11.3. The van der Waals surface area contributed by atoms with Crippen molar-refractivity contribution in [3.63, 3.8) is 0 Å². The van der Waals surface area contributed by atoms with Gasteiger partial charge in [-0.2, -0.15) is 0 Å². The first-order chi connectivity index (χ1) is 16.5. The predicted octanol–water partition coefficient (Wildman–Crippen LogP) is 4.21. The van der Waals surface area contributed by atoms with E-state index in [2.05, 4.69) is 20.5 Å². The van der Waals surface area contributed by atoms with Gasteiger partial charge in [-0.25, -0.2) is 4.79 Å². The average molecular weight is 460 g/mol. The minimum Gasteiger partial charge on any atom is -0.455 e. The van der Waals surface area contributed by atoms with Gasteiger partial charge in [0.1, 0.15) is 11.5 Å². The smallest absolute Gasteiger partial charge is 0.319 e. The molecule has 1 unspecified atom stereocenters. The molecule has 1 aromatic heterocycles. The summed E-state index contributed by atoms with van der Waals surface area (Å²) in [5.41, 5.74) is 9.10. The van der Waals surface area contributed by atoms with Crippen molar-refractivity contribution in [2.45, 2.75) is 26.3 Å². The SMILES string of the molecule is Cc1cc(NC(=O)NCc2ccc(N3CCCC(C(N)=O)C3)cc2)ccc1Oc1cccnc1. The summed E-state index contributed by atoms with van der Waals surface area (Å²) in [6.45, 7) is 3.89. The van der Waals surface area contributed by atoms with Crippen LogP contribution in [-0.2, 0) is 11.3 Å². The lowest BCUT2D eigenvalue weighted by Crippen LogP contribution is -2.41. The zero-order valence-electron chi connectivity index (χ0n) is 19.2. The van der Waals surface area contributed by atoms with E-state index >= 15 is 0 Å². The number of carbonyl (C=O) groups is 2. The van der Waals surface area contributed by atoms with Gasteiger partial charge in [-0.15, -0.1) is 0 Å². The van der Waals surface area contributed by atoms with Crippen LogP contribution in [0.1, 0.15) is 24.0 Å². The third kappa shape index (κ3) is 6.04. The Morgan fingerprint density at radius 2 is 2.00 bits per heavy atom. The van der Waals surface area contributed by atoms with Crippen LogP contribution < -0.4 is 26.0 Å². The highest BCUT2D eigenvalue weighted by Gasteiger charge is 2.24. The summed E-state index contributed by atoms with van der Waals surface area (Å²) < 4.78 is 5.83. The molecule has 176 valence electrons. The molecule has 2 heterocycles. The summed E-state index contributed by atoms with van der Waals surface area (Å²) in [6, 6.07) is 16.8. The third-order valence-electron chi connectivity index (χ3n) is 5.87. The number of benzene rings is 2. The fourth-order valence-electron chi connectivity index (χ4n) is 4.00. The van der Waals surface area contributed by atoms with Crippen molar-refractivity contribution < 1.29 is 14.3 Å². The Balaban J connectivity index is 1.27. The molecule has 3 amide bonds. The Hall–Kier alpha value is -4.07. The lowest BCUT2D eigenvalue weighted by molar-refractivity contribution is -0.122. The monoisotopic (exact) mass is 459 g/mol. The third-order valence-corrected chi connectivity index (χ3v) is 5.87. The van der Waals surface area contributed by atoms with E-state index in [0.29, 0.717) is 30.3 Å². The molecule has 8 heteroatoms. The fourth-order valence-corrected chi connectivity index (χ4v) is 4.00. The number of rotatable bonds is 7. The van der Waals surface area contributed by atoms with Crippen molar-refractivity contribution in [1.82, 2.24) is 10.3 Å². The zero-order valence-corrected chi connectivity index (χ0v) is 19.2. The van der Waals surface area contributed by atoms with E-state index in [4.69, 9.17) is 10.5 Å². The van der Waals surface area contributed by atoms with E-state index in [9.17, 15) is 9.59 Å². The minimum atomic E-state index is -0.287. The maximum atomic E-state index is 12.4. The van der Waals surface area contributed by atoms with Gasteiger partial charge in [0, 0.05) is 37.2 Å². The van der Waals surface area contributed by atoms with Gasteiger partial charge in [0.2, 0.25) is 5.91 Å². The molecule has 0 aliphatic carbocycles. The molecule has 1 aliphatic heterocycles. The topological polar surface area (TPSA) is 110 Å². The number of anilines is 2. The van der Waals surface area contributed by atoms with Crippen LogP contribution in [0.2, 0.25) is 0 Å². The number of piperidine rings is 1. The van der Waals surface area contributed by atoms with Crippen LogP contribution in [0.15, 0.2) is 67.0 Å². The highest BCUT2D eigenvalue weighted by Crippen LogP contribution is 2.27. The first-order valence-corrected chi connectivity index (χ1v) is 11.3. The molecule has 4 rings (SSSR count). The second-order valence-electron chi connectivity index (χ2n) is 8.43. The molecule has 34 heavy (non-hydrogen) atoms. The van der Waals surface area contributed by atoms with Crippen molar-refractivity contribution >= 4 is 23.3 Å². The number of hydrogen-bond acceptors (Lipinski definition) is 5. The number of pyridine rings is 1. The van der Waals surface area contributed by atoms with Gasteiger partial charge in [0.05, 0.1) is 12.1 Å². The second-order valence-corrected chi connectivity index (χ2v) is 8.43. The van der Waals surface area contributed by atoms with Crippen LogP contribution in [0.4, 0.5) is 16.2 Å². The number of urea groups is 1. The number of aryl methyl sites for hydroxylation is 1. The maximum Gasteiger partial charge on any atom is 0.319 e. The van der Waals surface area contributed by atoms with Gasteiger partial charge in [-0.05, 0) is 73.4 Å². The normalized spacial score (nSPS) is 15.4. The second kappa shape index (κ2) is 10.7. The van der Waals surface area contributed by atoms with E-state index in [0.717, 1.165) is 36.2 Å². The van der Waals surface area contributed by atoms with Crippen molar-refractivity contribution in [3.8, 4) is 11.5 Å². The molecule has 0 bridgehead atoms. The number of primary amides is 1. The molecule has 0 spiro atoms. The number of aromatic nitrogens is 1. The maximum absolute atomic E-state index is 12.4. The summed E-state index contributed by atoms with van der Waals surface area (Å²) in [7, 11) is 0. The Morgan fingerprint density at radius 3 is 2.71 bits per heavy atom. The summed E-state index contributed by atoms with van der Waals surface area (Å²) in [6.07, 6.45) is 5.14. The lowest BCUT2D eigenvalue weighted by Gasteiger charge is -2.33.